The fourth-order valence-electron chi connectivity index (χ4n) is 4.90. The fourth-order valence-corrected chi connectivity index (χ4v) is 6.07. The summed E-state index contributed by atoms with van der Waals surface area (Å²) in [6.45, 7) is 8.07. The molecule has 2 aromatic rings. The Bertz CT molecular complexity index is 1030. The van der Waals surface area contributed by atoms with Crippen LogP contribution in [0.3, 0.4) is 0 Å². The first-order chi connectivity index (χ1) is 18.7. The highest BCUT2D eigenvalue weighted by Crippen LogP contribution is 2.37. The van der Waals surface area contributed by atoms with Gasteiger partial charge in [0.05, 0.1) is 25.6 Å². The number of para-hydroxylation sites is 1. The zero-order valence-electron chi connectivity index (χ0n) is 24.0. The first-order valence-corrected chi connectivity index (χ1v) is 15.1. The highest BCUT2D eigenvalue weighted by molar-refractivity contribution is 7.99. The molecule has 1 heterocycles. The van der Waals surface area contributed by atoms with E-state index in [1.54, 1.807) is 11.8 Å². The number of piperidine rings is 1. The van der Waals surface area contributed by atoms with Crippen LogP contribution < -0.4 is 10.1 Å². The van der Waals surface area contributed by atoms with Crippen molar-refractivity contribution in [3.63, 3.8) is 0 Å². The van der Waals surface area contributed by atoms with E-state index in [0.717, 1.165) is 68.7 Å². The molecule has 39 heavy (non-hydrogen) atoms. The van der Waals surface area contributed by atoms with Gasteiger partial charge >= 0.3 is 11.9 Å². The van der Waals surface area contributed by atoms with Crippen LogP contribution in [0, 0.1) is 5.41 Å². The topological polar surface area (TPSA) is 73.9 Å². The predicted molar refractivity (Wildman–Crippen MR) is 158 cm³/mol. The van der Waals surface area contributed by atoms with Crippen molar-refractivity contribution in [2.24, 2.45) is 5.41 Å². The summed E-state index contributed by atoms with van der Waals surface area (Å²) in [7, 11) is 1.44. The zero-order chi connectivity index (χ0) is 28.1. The van der Waals surface area contributed by atoms with Gasteiger partial charge in [0.1, 0.15) is 11.4 Å². The Morgan fingerprint density at radius 2 is 1.69 bits per heavy atom. The lowest BCUT2D eigenvalue weighted by molar-refractivity contribution is -0.170. The molecule has 1 aliphatic heterocycles. The van der Waals surface area contributed by atoms with Crippen molar-refractivity contribution >= 4 is 23.7 Å². The zero-order valence-corrected chi connectivity index (χ0v) is 24.8. The minimum absolute atomic E-state index is 0.0626. The summed E-state index contributed by atoms with van der Waals surface area (Å²) in [5, 5.41) is 3.45. The van der Waals surface area contributed by atoms with Crippen LogP contribution in [0.2, 0.25) is 0 Å². The molecule has 0 saturated carbocycles. The van der Waals surface area contributed by atoms with Crippen LogP contribution in [-0.4, -0.2) is 49.6 Å². The maximum absolute atomic E-state index is 13.1. The van der Waals surface area contributed by atoms with Crippen molar-refractivity contribution in [1.29, 1.82) is 0 Å². The Labute approximate surface area is 238 Å². The molecular weight excluding hydrogens is 510 g/mol. The van der Waals surface area contributed by atoms with Crippen molar-refractivity contribution in [3.05, 3.63) is 65.7 Å². The minimum Gasteiger partial charge on any atom is -0.493 e. The summed E-state index contributed by atoms with van der Waals surface area (Å²) in [4.78, 5) is 25.2. The highest BCUT2D eigenvalue weighted by atomic mass is 32.2. The quantitative estimate of drug-likeness (QED) is 0.215. The summed E-state index contributed by atoms with van der Waals surface area (Å²) in [6.07, 6.45) is 5.27. The fraction of sp³-hybridized carbons (Fsp3) is 0.562. The number of thioether (sulfide) groups is 1. The molecule has 1 N–H and O–H groups in total. The smallest absolute Gasteiger partial charge is 0.312 e. The van der Waals surface area contributed by atoms with Crippen molar-refractivity contribution in [1.82, 2.24) is 5.32 Å². The number of hydrogen-bond donors (Lipinski definition) is 1. The van der Waals surface area contributed by atoms with Crippen LogP contribution in [0.4, 0.5) is 0 Å². The van der Waals surface area contributed by atoms with E-state index in [1.807, 2.05) is 57.2 Å². The number of esters is 2. The van der Waals surface area contributed by atoms with E-state index < -0.39 is 11.0 Å². The SMILES string of the molecule is COC(=O)CC(Cc1ccccc1OCCCCC1(C(=O)OC(C)(C)C)CCNCC1)SCc1ccccc1. The van der Waals surface area contributed by atoms with Crippen molar-refractivity contribution < 1.29 is 23.8 Å². The molecule has 2 aromatic carbocycles. The molecule has 0 amide bonds. The average Bonchev–Trinajstić information content (AvgIpc) is 2.92. The summed E-state index contributed by atoms with van der Waals surface area (Å²) < 4.78 is 17.0. The van der Waals surface area contributed by atoms with Crippen LogP contribution in [0.1, 0.15) is 70.4 Å². The highest BCUT2D eigenvalue weighted by Gasteiger charge is 2.41. The second-order valence-corrected chi connectivity index (χ2v) is 12.6. The first-order valence-electron chi connectivity index (χ1n) is 14.1. The van der Waals surface area contributed by atoms with E-state index in [1.165, 1.54) is 12.7 Å². The third-order valence-electron chi connectivity index (χ3n) is 7.07. The van der Waals surface area contributed by atoms with Crippen molar-refractivity contribution in [2.75, 3.05) is 26.8 Å². The predicted octanol–water partition coefficient (Wildman–Crippen LogP) is 6.35. The van der Waals surface area contributed by atoms with E-state index >= 15 is 0 Å². The third-order valence-corrected chi connectivity index (χ3v) is 8.38. The Morgan fingerprint density at radius 1 is 1.00 bits per heavy atom. The Kier molecular flexibility index (Phi) is 12.2. The lowest BCUT2D eigenvalue weighted by Gasteiger charge is -2.37. The molecule has 1 unspecified atom stereocenters. The molecule has 7 heteroatoms. The maximum atomic E-state index is 13.1. The first kappa shape index (κ1) is 31.0. The Morgan fingerprint density at radius 3 is 2.38 bits per heavy atom. The van der Waals surface area contributed by atoms with E-state index in [4.69, 9.17) is 14.2 Å². The molecule has 1 atom stereocenters. The summed E-state index contributed by atoms with van der Waals surface area (Å²) in [5.74, 6) is 1.43. The lowest BCUT2D eigenvalue weighted by Crippen LogP contribution is -2.45. The largest absolute Gasteiger partial charge is 0.493 e. The van der Waals surface area contributed by atoms with Crippen molar-refractivity contribution in [2.45, 2.75) is 82.3 Å². The van der Waals surface area contributed by atoms with Gasteiger partial charge in [0, 0.05) is 11.0 Å². The van der Waals surface area contributed by atoms with E-state index in [-0.39, 0.29) is 17.2 Å². The van der Waals surface area contributed by atoms with Gasteiger partial charge in [-0.2, -0.15) is 11.8 Å². The number of ether oxygens (including phenoxy) is 3. The summed E-state index contributed by atoms with van der Waals surface area (Å²) in [5.41, 5.74) is 1.44. The molecule has 1 saturated heterocycles. The number of methoxy groups -OCH3 is 1. The molecule has 214 valence electrons. The van der Waals surface area contributed by atoms with Gasteiger partial charge in [0.2, 0.25) is 0 Å². The van der Waals surface area contributed by atoms with Gasteiger partial charge in [-0.3, -0.25) is 9.59 Å². The summed E-state index contributed by atoms with van der Waals surface area (Å²) in [6, 6.07) is 18.4. The number of hydrogen-bond acceptors (Lipinski definition) is 7. The van der Waals surface area contributed by atoms with Gasteiger partial charge < -0.3 is 19.5 Å². The molecule has 0 spiro atoms. The summed E-state index contributed by atoms with van der Waals surface area (Å²) >= 11 is 1.77. The number of carbonyl (C=O) groups excluding carboxylic acids is 2. The molecule has 3 rings (SSSR count). The number of carbonyl (C=O) groups is 2. The van der Waals surface area contributed by atoms with Crippen LogP contribution in [0.15, 0.2) is 54.6 Å². The number of nitrogens with one attached hydrogen (secondary N) is 1. The van der Waals surface area contributed by atoms with Crippen LogP contribution in [-0.2, 0) is 31.2 Å². The number of unbranched alkanes of at least 4 members (excludes halogenated alkanes) is 1. The van der Waals surface area contributed by atoms with Gasteiger partial charge in [-0.15, -0.1) is 0 Å². The molecule has 6 nitrogen and oxygen atoms in total. The lowest BCUT2D eigenvalue weighted by atomic mass is 9.75. The Balaban J connectivity index is 1.55. The molecule has 0 aromatic heterocycles. The van der Waals surface area contributed by atoms with E-state index in [9.17, 15) is 9.59 Å². The molecule has 1 aliphatic rings. The molecular formula is C32H45NO5S. The van der Waals surface area contributed by atoms with Crippen molar-refractivity contribution in [3.8, 4) is 5.75 Å². The standard InChI is InChI=1S/C32H45NO5S/c1-31(2,3)38-30(35)32(17-19-33-20-18-32)16-10-11-21-37-28-15-9-8-14-26(28)22-27(23-29(34)36-4)39-24-25-12-6-5-7-13-25/h5-9,12-15,27,33H,10-11,16-24H2,1-4H3. The third kappa shape index (κ3) is 10.5. The molecule has 0 aliphatic carbocycles. The van der Waals surface area contributed by atoms with Crippen LogP contribution in [0.5, 0.6) is 5.75 Å². The molecule has 0 bridgehead atoms. The second-order valence-electron chi connectivity index (χ2n) is 11.3. The van der Waals surface area contributed by atoms with Gasteiger partial charge in [-0.1, -0.05) is 48.5 Å². The molecule has 1 fully saturated rings. The van der Waals surface area contributed by atoms with Gasteiger partial charge in [0.25, 0.3) is 0 Å². The van der Waals surface area contributed by atoms with E-state index in [0.29, 0.717) is 13.0 Å². The van der Waals surface area contributed by atoms with Gasteiger partial charge in [0.15, 0.2) is 0 Å². The number of rotatable bonds is 14. The molecule has 0 radical (unpaired) electrons. The number of benzene rings is 2. The Hall–Kier alpha value is -2.51. The van der Waals surface area contributed by atoms with Crippen LogP contribution in [0.25, 0.3) is 0 Å². The average molecular weight is 556 g/mol. The van der Waals surface area contributed by atoms with Gasteiger partial charge in [-0.25, -0.2) is 0 Å². The van der Waals surface area contributed by atoms with E-state index in [2.05, 4.69) is 23.5 Å². The van der Waals surface area contributed by atoms with Gasteiger partial charge in [-0.05, 0) is 89.6 Å². The monoisotopic (exact) mass is 555 g/mol. The normalized spacial score (nSPS) is 15.8. The second kappa shape index (κ2) is 15.3. The van der Waals surface area contributed by atoms with Crippen LogP contribution >= 0.6 is 11.8 Å². The maximum Gasteiger partial charge on any atom is 0.312 e. The minimum atomic E-state index is -0.479.